The van der Waals surface area contributed by atoms with Gasteiger partial charge in [-0.05, 0) is 26.3 Å². The molecule has 76 valence electrons. The zero-order valence-corrected chi connectivity index (χ0v) is 8.80. The second-order valence-electron chi connectivity index (χ2n) is 3.46. The van der Waals surface area contributed by atoms with Gasteiger partial charge in [0, 0.05) is 18.0 Å². The molecule has 13 heavy (non-hydrogen) atoms. The summed E-state index contributed by atoms with van der Waals surface area (Å²) in [5.74, 6) is 0. The Hall–Kier alpha value is -0.780. The predicted octanol–water partition coefficient (Wildman–Crippen LogP) is 1.01. The molecule has 0 aromatic heterocycles. The SMILES string of the molecule is CC(C)(C)S(=O)(=O)NCCN=[N+]=[N-]. The topological polar surface area (TPSA) is 94.9 Å². The molecule has 0 rings (SSSR count). The first-order valence-corrected chi connectivity index (χ1v) is 5.29. The molecule has 7 heteroatoms. The molecule has 0 aliphatic heterocycles. The third-order valence-corrected chi connectivity index (χ3v) is 3.57. The quantitative estimate of drug-likeness (QED) is 0.321. The van der Waals surface area contributed by atoms with E-state index in [0.29, 0.717) is 0 Å². The third kappa shape index (κ3) is 4.12. The van der Waals surface area contributed by atoms with Crippen molar-refractivity contribution in [2.75, 3.05) is 13.1 Å². The van der Waals surface area contributed by atoms with Crippen LogP contribution in [0.15, 0.2) is 5.11 Å². The first kappa shape index (κ1) is 12.2. The van der Waals surface area contributed by atoms with Crippen LogP contribution in [-0.2, 0) is 10.0 Å². The minimum atomic E-state index is -3.31. The molecule has 0 heterocycles. The van der Waals surface area contributed by atoms with E-state index in [1.165, 1.54) is 0 Å². The van der Waals surface area contributed by atoms with Gasteiger partial charge in [0.2, 0.25) is 10.0 Å². The van der Waals surface area contributed by atoms with E-state index >= 15 is 0 Å². The van der Waals surface area contributed by atoms with Gasteiger partial charge in [0.1, 0.15) is 0 Å². The van der Waals surface area contributed by atoms with Crippen LogP contribution in [-0.4, -0.2) is 26.3 Å². The van der Waals surface area contributed by atoms with E-state index in [-0.39, 0.29) is 13.1 Å². The summed E-state index contributed by atoms with van der Waals surface area (Å²) in [7, 11) is -3.31. The highest BCUT2D eigenvalue weighted by molar-refractivity contribution is 7.90. The average molecular weight is 206 g/mol. The molecule has 1 N–H and O–H groups in total. The van der Waals surface area contributed by atoms with Crippen molar-refractivity contribution in [1.82, 2.24) is 4.72 Å². The minimum Gasteiger partial charge on any atom is -0.215 e. The fourth-order valence-corrected chi connectivity index (χ4v) is 1.28. The molecular formula is C6H14N4O2S. The van der Waals surface area contributed by atoms with Gasteiger partial charge in [-0.2, -0.15) is 0 Å². The molecule has 0 unspecified atom stereocenters. The summed E-state index contributed by atoms with van der Waals surface area (Å²) in [6.45, 7) is 5.07. The van der Waals surface area contributed by atoms with Crippen LogP contribution in [0.25, 0.3) is 10.4 Å². The molecular weight excluding hydrogens is 192 g/mol. The Bertz CT molecular complexity index is 297. The maximum absolute atomic E-state index is 11.4. The molecule has 0 aliphatic carbocycles. The normalized spacial score (nSPS) is 12.2. The number of rotatable bonds is 4. The van der Waals surface area contributed by atoms with Crippen molar-refractivity contribution in [3.8, 4) is 0 Å². The standard InChI is InChI=1S/C6H14N4O2S/c1-6(2,3)13(11,12)9-5-4-8-10-7/h9H,4-5H2,1-3H3. The highest BCUT2D eigenvalue weighted by Gasteiger charge is 2.27. The number of nitrogens with one attached hydrogen (secondary N) is 1. The van der Waals surface area contributed by atoms with Gasteiger partial charge in [-0.1, -0.05) is 5.11 Å². The fourth-order valence-electron chi connectivity index (χ4n) is 0.491. The Kier molecular flexibility index (Phi) is 4.19. The van der Waals surface area contributed by atoms with Crippen LogP contribution in [0.2, 0.25) is 0 Å². The predicted molar refractivity (Wildman–Crippen MR) is 50.7 cm³/mol. The Morgan fingerprint density at radius 1 is 1.46 bits per heavy atom. The zero-order valence-electron chi connectivity index (χ0n) is 7.98. The molecule has 0 saturated heterocycles. The van der Waals surface area contributed by atoms with Gasteiger partial charge in [-0.3, -0.25) is 0 Å². The molecule has 0 aromatic carbocycles. The summed E-state index contributed by atoms with van der Waals surface area (Å²) in [5.41, 5.74) is 7.94. The molecule has 0 aliphatic rings. The van der Waals surface area contributed by atoms with E-state index in [2.05, 4.69) is 14.7 Å². The average Bonchev–Trinajstić information content (AvgIpc) is 1.96. The van der Waals surface area contributed by atoms with Crippen molar-refractivity contribution in [1.29, 1.82) is 0 Å². The largest absolute Gasteiger partial charge is 0.216 e. The van der Waals surface area contributed by atoms with Crippen LogP contribution < -0.4 is 4.72 Å². The maximum Gasteiger partial charge on any atom is 0.216 e. The van der Waals surface area contributed by atoms with Gasteiger partial charge in [0.15, 0.2) is 0 Å². The van der Waals surface area contributed by atoms with Gasteiger partial charge in [0.05, 0.1) is 4.75 Å². The molecule has 0 radical (unpaired) electrons. The summed E-state index contributed by atoms with van der Waals surface area (Å²) in [5, 5.41) is 3.21. The van der Waals surface area contributed by atoms with Crippen molar-refractivity contribution < 1.29 is 8.42 Å². The lowest BCUT2D eigenvalue weighted by molar-refractivity contribution is 0.545. The molecule has 0 bridgehead atoms. The molecule has 6 nitrogen and oxygen atoms in total. The van der Waals surface area contributed by atoms with Crippen LogP contribution in [0.3, 0.4) is 0 Å². The second kappa shape index (κ2) is 4.45. The Morgan fingerprint density at radius 3 is 2.38 bits per heavy atom. The van der Waals surface area contributed by atoms with E-state index in [1.807, 2.05) is 0 Å². The van der Waals surface area contributed by atoms with Crippen LogP contribution >= 0.6 is 0 Å². The van der Waals surface area contributed by atoms with Crippen molar-refractivity contribution in [3.05, 3.63) is 10.4 Å². The lowest BCUT2D eigenvalue weighted by Crippen LogP contribution is -2.40. The second-order valence-corrected chi connectivity index (χ2v) is 5.98. The first-order chi connectivity index (χ1) is 5.81. The highest BCUT2D eigenvalue weighted by Crippen LogP contribution is 2.12. The number of nitrogens with zero attached hydrogens (tertiary/aromatic N) is 3. The summed E-state index contributed by atoms with van der Waals surface area (Å²) in [6.07, 6.45) is 0. The van der Waals surface area contributed by atoms with Crippen LogP contribution in [0.1, 0.15) is 20.8 Å². The first-order valence-electron chi connectivity index (χ1n) is 3.81. The van der Waals surface area contributed by atoms with E-state index in [1.54, 1.807) is 20.8 Å². The van der Waals surface area contributed by atoms with Crippen molar-refractivity contribution in [3.63, 3.8) is 0 Å². The van der Waals surface area contributed by atoms with Crippen LogP contribution in [0.4, 0.5) is 0 Å². The number of sulfonamides is 1. The van der Waals surface area contributed by atoms with Crippen molar-refractivity contribution in [2.45, 2.75) is 25.5 Å². The Balaban J connectivity index is 4.14. The molecule has 0 amide bonds. The number of azide groups is 1. The maximum atomic E-state index is 11.4. The third-order valence-electron chi connectivity index (χ3n) is 1.37. The van der Waals surface area contributed by atoms with Gasteiger partial charge < -0.3 is 0 Å². The van der Waals surface area contributed by atoms with Crippen LogP contribution in [0.5, 0.6) is 0 Å². The summed E-state index contributed by atoms with van der Waals surface area (Å²) in [4.78, 5) is 2.51. The lowest BCUT2D eigenvalue weighted by atomic mass is 10.3. The fraction of sp³-hybridized carbons (Fsp3) is 1.00. The molecule has 0 saturated carbocycles. The van der Waals surface area contributed by atoms with E-state index in [9.17, 15) is 8.42 Å². The number of hydrogen-bond acceptors (Lipinski definition) is 3. The van der Waals surface area contributed by atoms with Crippen molar-refractivity contribution >= 4 is 10.0 Å². The van der Waals surface area contributed by atoms with Crippen LogP contribution in [0, 0.1) is 0 Å². The van der Waals surface area contributed by atoms with Gasteiger partial charge in [-0.15, -0.1) is 0 Å². The Labute approximate surface area is 78.0 Å². The molecule has 0 spiro atoms. The monoisotopic (exact) mass is 206 g/mol. The van der Waals surface area contributed by atoms with Gasteiger partial charge in [0.25, 0.3) is 0 Å². The zero-order chi connectivity index (χ0) is 10.5. The van der Waals surface area contributed by atoms with E-state index in [4.69, 9.17) is 5.53 Å². The van der Waals surface area contributed by atoms with E-state index < -0.39 is 14.8 Å². The van der Waals surface area contributed by atoms with E-state index in [0.717, 1.165) is 0 Å². The van der Waals surface area contributed by atoms with Gasteiger partial charge in [-0.25, -0.2) is 13.1 Å². The minimum absolute atomic E-state index is 0.131. The Morgan fingerprint density at radius 2 is 2.00 bits per heavy atom. The summed E-state index contributed by atoms with van der Waals surface area (Å²) in [6, 6.07) is 0. The molecule has 0 atom stereocenters. The molecule has 0 fully saturated rings. The number of hydrogen-bond donors (Lipinski definition) is 1. The van der Waals surface area contributed by atoms with Gasteiger partial charge >= 0.3 is 0 Å². The smallest absolute Gasteiger partial charge is 0.215 e. The highest BCUT2D eigenvalue weighted by atomic mass is 32.2. The summed E-state index contributed by atoms with van der Waals surface area (Å²) < 4.78 is 24.2. The van der Waals surface area contributed by atoms with Crippen molar-refractivity contribution in [2.24, 2.45) is 5.11 Å². The summed E-state index contributed by atoms with van der Waals surface area (Å²) >= 11 is 0. The molecule has 0 aromatic rings. The lowest BCUT2D eigenvalue weighted by Gasteiger charge is -2.19.